The summed E-state index contributed by atoms with van der Waals surface area (Å²) in [5.74, 6) is -1.00. The van der Waals surface area contributed by atoms with Crippen LogP contribution in [-0.2, 0) is 20.8 Å². The fourth-order valence-electron chi connectivity index (χ4n) is 6.62. The van der Waals surface area contributed by atoms with E-state index in [1.165, 1.54) is 12.1 Å². The van der Waals surface area contributed by atoms with Crippen molar-refractivity contribution in [2.45, 2.75) is 68.6 Å². The molecule has 3 aromatic rings. The van der Waals surface area contributed by atoms with E-state index in [-0.39, 0.29) is 51.4 Å². The lowest BCUT2D eigenvalue weighted by atomic mass is 9.81. The van der Waals surface area contributed by atoms with Crippen molar-refractivity contribution in [3.63, 3.8) is 0 Å². The number of imidazole rings is 1. The van der Waals surface area contributed by atoms with Gasteiger partial charge >= 0.3 is 6.18 Å². The van der Waals surface area contributed by atoms with E-state index >= 15 is 0 Å². The Balaban J connectivity index is 1.42. The third-order valence-corrected chi connectivity index (χ3v) is 10.4. The van der Waals surface area contributed by atoms with Crippen molar-refractivity contribution in [1.29, 1.82) is 0 Å². The van der Waals surface area contributed by atoms with Gasteiger partial charge in [-0.2, -0.15) is 13.2 Å². The number of carbonyl (C=O) groups excluding carboxylic acids is 1. The molecule has 11 heteroatoms. The summed E-state index contributed by atoms with van der Waals surface area (Å²) < 4.78 is 67.5. The molecular formula is C29H35F3N4O3S. The second-order valence-corrected chi connectivity index (χ2v) is 12.8. The Kier molecular flexibility index (Phi) is 7.98. The zero-order valence-corrected chi connectivity index (χ0v) is 23.5. The molecular weight excluding hydrogens is 541 g/mol. The Morgan fingerprint density at radius 3 is 2.42 bits per heavy atom. The molecule has 2 fully saturated rings. The zero-order chi connectivity index (χ0) is 28.7. The third-order valence-electron chi connectivity index (χ3n) is 8.59. The van der Waals surface area contributed by atoms with Gasteiger partial charge in [0.25, 0.3) is 0 Å². The number of hydrogen-bond donors (Lipinski definition) is 1. The Hall–Kier alpha value is -2.92. The number of amides is 1. The van der Waals surface area contributed by atoms with Gasteiger partial charge in [-0.1, -0.05) is 38.1 Å². The van der Waals surface area contributed by atoms with Crippen LogP contribution >= 0.6 is 0 Å². The number of H-pyrrole nitrogens is 1. The topological polar surface area (TPSA) is 86.4 Å². The van der Waals surface area contributed by atoms with Gasteiger partial charge in [-0.15, -0.1) is 0 Å². The summed E-state index contributed by atoms with van der Waals surface area (Å²) in [7, 11) is -3.59. The molecule has 7 nitrogen and oxygen atoms in total. The first-order valence-corrected chi connectivity index (χ1v) is 15.6. The SMILES string of the molecule is CCN(CC)[C@H]1CC[C@H](N2CCC(c3nc4c(C(F)(F)F)cccc4[nH]3)C2=O)[C@@H](CS(=O)(=O)c2ccccc2)C1. The Labute approximate surface area is 232 Å². The molecule has 1 amide bonds. The summed E-state index contributed by atoms with van der Waals surface area (Å²) >= 11 is 0. The molecule has 4 atom stereocenters. The number of likely N-dealkylation sites (tertiary alicyclic amines) is 1. The van der Waals surface area contributed by atoms with Crippen LogP contribution < -0.4 is 0 Å². The van der Waals surface area contributed by atoms with Gasteiger partial charge < -0.3 is 14.8 Å². The predicted octanol–water partition coefficient (Wildman–Crippen LogP) is 5.25. The highest BCUT2D eigenvalue weighted by Gasteiger charge is 2.45. The largest absolute Gasteiger partial charge is 0.418 e. The maximum absolute atomic E-state index is 13.8. The van der Waals surface area contributed by atoms with E-state index in [0.717, 1.165) is 25.6 Å². The summed E-state index contributed by atoms with van der Waals surface area (Å²) in [4.78, 5) is 25.3. The van der Waals surface area contributed by atoms with Crippen LogP contribution in [0.4, 0.5) is 13.2 Å². The number of aromatic amines is 1. The quantitative estimate of drug-likeness (QED) is 0.396. The molecule has 1 N–H and O–H groups in total. The molecule has 0 bridgehead atoms. The number of alkyl halides is 3. The number of fused-ring (bicyclic) bond motifs is 1. The maximum atomic E-state index is 13.8. The predicted molar refractivity (Wildman–Crippen MR) is 146 cm³/mol. The van der Waals surface area contributed by atoms with Gasteiger partial charge in [-0.25, -0.2) is 13.4 Å². The molecule has 216 valence electrons. The van der Waals surface area contributed by atoms with E-state index in [2.05, 4.69) is 28.7 Å². The third kappa shape index (κ3) is 5.50. The number of sulfone groups is 1. The number of nitrogens with one attached hydrogen (secondary N) is 1. The van der Waals surface area contributed by atoms with Gasteiger partial charge in [0.2, 0.25) is 5.91 Å². The highest BCUT2D eigenvalue weighted by atomic mass is 32.2. The summed E-state index contributed by atoms with van der Waals surface area (Å²) in [6.45, 7) is 6.32. The van der Waals surface area contributed by atoms with Crippen molar-refractivity contribution < 1.29 is 26.4 Å². The van der Waals surface area contributed by atoms with Crippen LogP contribution in [0.1, 0.15) is 56.8 Å². The molecule has 5 rings (SSSR count). The van der Waals surface area contributed by atoms with Gasteiger partial charge in [0.05, 0.1) is 27.6 Å². The highest BCUT2D eigenvalue weighted by Crippen LogP contribution is 2.40. The number of halogens is 3. The van der Waals surface area contributed by atoms with Crippen LogP contribution in [-0.4, -0.2) is 71.6 Å². The van der Waals surface area contributed by atoms with E-state index in [1.807, 2.05) is 0 Å². The van der Waals surface area contributed by atoms with Crippen molar-refractivity contribution in [3.8, 4) is 0 Å². The van der Waals surface area contributed by atoms with Crippen molar-refractivity contribution in [3.05, 3.63) is 59.9 Å². The number of para-hydroxylation sites is 1. The molecule has 0 spiro atoms. The highest BCUT2D eigenvalue weighted by molar-refractivity contribution is 7.91. The van der Waals surface area contributed by atoms with Crippen molar-refractivity contribution in [1.82, 2.24) is 19.8 Å². The Bertz CT molecular complexity index is 1450. The Morgan fingerprint density at radius 1 is 1.02 bits per heavy atom. The molecule has 1 aliphatic carbocycles. The maximum Gasteiger partial charge on any atom is 0.418 e. The first kappa shape index (κ1) is 28.6. The van der Waals surface area contributed by atoms with Crippen LogP contribution in [0.25, 0.3) is 11.0 Å². The monoisotopic (exact) mass is 576 g/mol. The second-order valence-electron chi connectivity index (χ2n) is 10.8. The minimum absolute atomic E-state index is 0.0620. The first-order valence-electron chi connectivity index (χ1n) is 13.9. The van der Waals surface area contributed by atoms with E-state index in [1.54, 1.807) is 35.2 Å². The van der Waals surface area contributed by atoms with Gasteiger partial charge in [-0.3, -0.25) is 4.79 Å². The molecule has 2 aliphatic rings. The van der Waals surface area contributed by atoms with Crippen LogP contribution in [0.3, 0.4) is 0 Å². The number of nitrogens with zero attached hydrogens (tertiary/aromatic N) is 3. The lowest BCUT2D eigenvalue weighted by Gasteiger charge is -2.44. The standard InChI is InChI=1S/C29H35F3N4O3S/c1-3-35(4-2)20-13-14-25(19(17-20)18-40(38,39)21-9-6-5-7-10-21)36-16-15-22(28(36)37)27-33-24-12-8-11-23(26(24)34-27)29(30,31)32/h5-12,19-20,22,25H,3-4,13-18H2,1-2H3,(H,33,34)/t19-,20+,22?,25+/m1/s1. The molecule has 1 saturated heterocycles. The van der Waals surface area contributed by atoms with Crippen molar-refractivity contribution in [2.75, 3.05) is 25.4 Å². The van der Waals surface area contributed by atoms with Gasteiger partial charge in [0, 0.05) is 18.6 Å². The molecule has 0 radical (unpaired) electrons. The van der Waals surface area contributed by atoms with E-state index in [0.29, 0.717) is 25.8 Å². The molecule has 1 unspecified atom stereocenters. The summed E-state index contributed by atoms with van der Waals surface area (Å²) in [5.41, 5.74) is -0.791. The van der Waals surface area contributed by atoms with E-state index in [9.17, 15) is 26.4 Å². The number of carbonyl (C=O) groups is 1. The molecule has 2 heterocycles. The molecule has 1 aliphatic heterocycles. The Morgan fingerprint density at radius 2 is 1.75 bits per heavy atom. The molecule has 1 aromatic heterocycles. The van der Waals surface area contributed by atoms with E-state index < -0.39 is 27.5 Å². The second kappa shape index (κ2) is 11.2. The van der Waals surface area contributed by atoms with Crippen molar-refractivity contribution >= 4 is 26.8 Å². The van der Waals surface area contributed by atoms with Crippen LogP contribution in [0.15, 0.2) is 53.4 Å². The molecule has 40 heavy (non-hydrogen) atoms. The van der Waals surface area contributed by atoms with Gasteiger partial charge in [-0.05, 0) is 69.0 Å². The molecule has 2 aromatic carbocycles. The summed E-state index contributed by atoms with van der Waals surface area (Å²) in [6.07, 6.45) is -1.96. The number of hydrogen-bond acceptors (Lipinski definition) is 5. The number of benzene rings is 2. The smallest absolute Gasteiger partial charge is 0.341 e. The first-order chi connectivity index (χ1) is 19.0. The lowest BCUT2D eigenvalue weighted by Crippen LogP contribution is -2.51. The fourth-order valence-corrected chi connectivity index (χ4v) is 8.31. The van der Waals surface area contributed by atoms with Crippen molar-refractivity contribution in [2.24, 2.45) is 5.92 Å². The molecule has 1 saturated carbocycles. The average molecular weight is 577 g/mol. The average Bonchev–Trinajstić information content (AvgIpc) is 3.52. The van der Waals surface area contributed by atoms with Crippen LogP contribution in [0.2, 0.25) is 0 Å². The zero-order valence-electron chi connectivity index (χ0n) is 22.7. The van der Waals surface area contributed by atoms with Gasteiger partial charge in [0.1, 0.15) is 11.3 Å². The van der Waals surface area contributed by atoms with Gasteiger partial charge in [0.15, 0.2) is 9.84 Å². The summed E-state index contributed by atoms with van der Waals surface area (Å²) in [5, 5.41) is 0. The number of rotatable bonds is 8. The summed E-state index contributed by atoms with van der Waals surface area (Å²) in [6, 6.07) is 12.2. The minimum atomic E-state index is -4.56. The lowest BCUT2D eigenvalue weighted by molar-refractivity contribution is -0.136. The minimum Gasteiger partial charge on any atom is -0.341 e. The van der Waals surface area contributed by atoms with Crippen LogP contribution in [0.5, 0.6) is 0 Å². The fraction of sp³-hybridized carbons (Fsp3) is 0.517. The normalized spacial score (nSPS) is 24.4. The van der Waals surface area contributed by atoms with Crippen LogP contribution in [0, 0.1) is 5.92 Å². The van der Waals surface area contributed by atoms with E-state index in [4.69, 9.17) is 0 Å². The number of aromatic nitrogens is 2.